The van der Waals surface area contributed by atoms with Crippen molar-refractivity contribution < 1.29 is 4.79 Å². The zero-order chi connectivity index (χ0) is 16.1. The minimum atomic E-state index is -0.0553. The van der Waals surface area contributed by atoms with Crippen LogP contribution in [0.25, 0.3) is 0 Å². The zero-order valence-corrected chi connectivity index (χ0v) is 14.3. The maximum Gasteiger partial charge on any atom is 0.270 e. The molecule has 23 heavy (non-hydrogen) atoms. The SMILES string of the molecule is CC1(CNC(=O)c2csc(Cc3ccccc3)n2)CCNCC1. The average molecular weight is 329 g/mol. The fourth-order valence-electron chi connectivity index (χ4n) is 2.86. The Balaban J connectivity index is 1.56. The molecule has 1 fully saturated rings. The molecular formula is C18H23N3OS. The normalized spacial score (nSPS) is 16.9. The van der Waals surface area contributed by atoms with E-state index in [2.05, 4.69) is 34.7 Å². The number of carbonyl (C=O) groups is 1. The lowest BCUT2D eigenvalue weighted by atomic mass is 9.81. The molecule has 2 heterocycles. The third-order valence-electron chi connectivity index (χ3n) is 4.47. The van der Waals surface area contributed by atoms with Crippen LogP contribution in [0.2, 0.25) is 0 Å². The molecule has 4 nitrogen and oxygen atoms in total. The summed E-state index contributed by atoms with van der Waals surface area (Å²) in [4.78, 5) is 16.8. The van der Waals surface area contributed by atoms with E-state index in [0.717, 1.165) is 43.9 Å². The van der Waals surface area contributed by atoms with Crippen LogP contribution in [0.3, 0.4) is 0 Å². The Labute approximate surface area is 141 Å². The molecule has 1 aromatic carbocycles. The Bertz CT molecular complexity index is 647. The van der Waals surface area contributed by atoms with Gasteiger partial charge in [-0.3, -0.25) is 4.79 Å². The molecule has 0 atom stereocenters. The van der Waals surface area contributed by atoms with Gasteiger partial charge >= 0.3 is 0 Å². The highest BCUT2D eigenvalue weighted by Gasteiger charge is 2.27. The van der Waals surface area contributed by atoms with Crippen LogP contribution >= 0.6 is 11.3 Å². The van der Waals surface area contributed by atoms with Crippen LogP contribution in [0.15, 0.2) is 35.7 Å². The topological polar surface area (TPSA) is 54.0 Å². The first-order valence-electron chi connectivity index (χ1n) is 8.12. The molecule has 0 bridgehead atoms. The van der Waals surface area contributed by atoms with Crippen molar-refractivity contribution in [2.45, 2.75) is 26.2 Å². The number of hydrogen-bond acceptors (Lipinski definition) is 4. The molecule has 3 rings (SSSR count). The van der Waals surface area contributed by atoms with E-state index < -0.39 is 0 Å². The molecule has 1 aliphatic heterocycles. The lowest BCUT2D eigenvalue weighted by molar-refractivity contribution is 0.0918. The minimum absolute atomic E-state index is 0.0553. The summed E-state index contributed by atoms with van der Waals surface area (Å²) in [5.74, 6) is -0.0553. The zero-order valence-electron chi connectivity index (χ0n) is 13.5. The number of aromatic nitrogens is 1. The summed E-state index contributed by atoms with van der Waals surface area (Å²) in [5.41, 5.74) is 1.96. The molecule has 1 saturated heterocycles. The molecule has 1 aliphatic rings. The molecule has 0 unspecified atom stereocenters. The van der Waals surface area contributed by atoms with Crippen LogP contribution in [0.1, 0.15) is 40.8 Å². The Hall–Kier alpha value is -1.72. The molecule has 0 spiro atoms. The van der Waals surface area contributed by atoms with E-state index in [4.69, 9.17) is 0 Å². The second kappa shape index (κ2) is 7.23. The van der Waals surface area contributed by atoms with Crippen LogP contribution in [0, 0.1) is 5.41 Å². The number of nitrogens with one attached hydrogen (secondary N) is 2. The van der Waals surface area contributed by atoms with Crippen molar-refractivity contribution in [3.05, 3.63) is 52.0 Å². The second-order valence-corrected chi connectivity index (χ2v) is 7.47. The van der Waals surface area contributed by atoms with Crippen LogP contribution in [0.4, 0.5) is 0 Å². The first-order chi connectivity index (χ1) is 11.1. The summed E-state index contributed by atoms with van der Waals surface area (Å²) in [5, 5.41) is 9.27. The van der Waals surface area contributed by atoms with Gasteiger partial charge in [-0.2, -0.15) is 0 Å². The van der Waals surface area contributed by atoms with Gasteiger partial charge in [0, 0.05) is 18.3 Å². The summed E-state index contributed by atoms with van der Waals surface area (Å²) < 4.78 is 0. The van der Waals surface area contributed by atoms with Gasteiger partial charge in [0.1, 0.15) is 5.69 Å². The van der Waals surface area contributed by atoms with Gasteiger partial charge in [0.2, 0.25) is 0 Å². The van der Waals surface area contributed by atoms with Crippen LogP contribution in [-0.4, -0.2) is 30.5 Å². The average Bonchev–Trinajstić information content (AvgIpc) is 3.03. The summed E-state index contributed by atoms with van der Waals surface area (Å²) in [6, 6.07) is 10.2. The summed E-state index contributed by atoms with van der Waals surface area (Å²) in [7, 11) is 0. The standard InChI is InChI=1S/C18H23N3OS/c1-18(7-9-19-10-8-18)13-20-17(22)15-12-23-16(21-15)11-14-5-3-2-4-6-14/h2-6,12,19H,7-11,13H2,1H3,(H,20,22). The summed E-state index contributed by atoms with van der Waals surface area (Å²) in [6.07, 6.45) is 2.98. The quantitative estimate of drug-likeness (QED) is 0.887. The molecule has 0 radical (unpaired) electrons. The molecule has 1 aromatic heterocycles. The van der Waals surface area contributed by atoms with E-state index >= 15 is 0 Å². The maximum atomic E-state index is 12.3. The highest BCUT2D eigenvalue weighted by molar-refractivity contribution is 7.09. The number of carbonyl (C=O) groups excluding carboxylic acids is 1. The van der Waals surface area contributed by atoms with Crippen molar-refractivity contribution in [1.29, 1.82) is 0 Å². The number of nitrogens with zero attached hydrogens (tertiary/aromatic N) is 1. The third-order valence-corrected chi connectivity index (χ3v) is 5.32. The molecular weight excluding hydrogens is 306 g/mol. The molecule has 122 valence electrons. The lowest BCUT2D eigenvalue weighted by Gasteiger charge is -2.34. The number of amides is 1. The van der Waals surface area contributed by atoms with Crippen LogP contribution < -0.4 is 10.6 Å². The van der Waals surface area contributed by atoms with E-state index in [1.807, 2.05) is 23.6 Å². The number of rotatable bonds is 5. The summed E-state index contributed by atoms with van der Waals surface area (Å²) >= 11 is 1.55. The van der Waals surface area contributed by atoms with Crippen LogP contribution in [-0.2, 0) is 6.42 Å². The van der Waals surface area contributed by atoms with Crippen LogP contribution in [0.5, 0.6) is 0 Å². The molecule has 0 saturated carbocycles. The molecule has 1 amide bonds. The van der Waals surface area contributed by atoms with Gasteiger partial charge in [-0.05, 0) is 36.9 Å². The fraction of sp³-hybridized carbons (Fsp3) is 0.444. The smallest absolute Gasteiger partial charge is 0.270 e. The van der Waals surface area contributed by atoms with E-state index in [9.17, 15) is 4.79 Å². The second-order valence-electron chi connectivity index (χ2n) is 6.53. The van der Waals surface area contributed by atoms with Gasteiger partial charge in [0.05, 0.1) is 5.01 Å². The first kappa shape index (κ1) is 16.1. The van der Waals surface area contributed by atoms with E-state index in [1.165, 1.54) is 5.56 Å². The van der Waals surface area contributed by atoms with Gasteiger partial charge in [0.15, 0.2) is 0 Å². The lowest BCUT2D eigenvalue weighted by Crippen LogP contribution is -2.42. The Morgan fingerprint density at radius 1 is 1.30 bits per heavy atom. The van der Waals surface area contributed by atoms with Gasteiger partial charge in [-0.25, -0.2) is 4.98 Å². The summed E-state index contributed by atoms with van der Waals surface area (Å²) in [6.45, 7) is 5.03. The Morgan fingerprint density at radius 3 is 2.78 bits per heavy atom. The predicted octanol–water partition coefficient (Wildman–Crippen LogP) is 2.85. The van der Waals surface area contributed by atoms with Gasteiger partial charge in [-0.15, -0.1) is 11.3 Å². The van der Waals surface area contributed by atoms with Gasteiger partial charge in [0.25, 0.3) is 5.91 Å². The minimum Gasteiger partial charge on any atom is -0.350 e. The fourth-order valence-corrected chi connectivity index (χ4v) is 3.67. The third kappa shape index (κ3) is 4.39. The van der Waals surface area contributed by atoms with Gasteiger partial charge in [-0.1, -0.05) is 37.3 Å². The highest BCUT2D eigenvalue weighted by Crippen LogP contribution is 2.26. The molecule has 0 aliphatic carbocycles. The molecule has 2 aromatic rings. The van der Waals surface area contributed by atoms with Crippen molar-refractivity contribution in [1.82, 2.24) is 15.6 Å². The highest BCUT2D eigenvalue weighted by atomic mass is 32.1. The number of piperidine rings is 1. The molecule has 2 N–H and O–H groups in total. The largest absolute Gasteiger partial charge is 0.350 e. The van der Waals surface area contributed by atoms with Crippen molar-refractivity contribution >= 4 is 17.2 Å². The predicted molar refractivity (Wildman–Crippen MR) is 93.9 cm³/mol. The van der Waals surface area contributed by atoms with Crippen molar-refractivity contribution in [3.8, 4) is 0 Å². The van der Waals surface area contributed by atoms with Crippen molar-refractivity contribution in [2.75, 3.05) is 19.6 Å². The van der Waals surface area contributed by atoms with E-state index in [0.29, 0.717) is 5.69 Å². The monoisotopic (exact) mass is 329 g/mol. The maximum absolute atomic E-state index is 12.3. The number of thiazole rings is 1. The Morgan fingerprint density at radius 2 is 2.04 bits per heavy atom. The van der Waals surface area contributed by atoms with Crippen molar-refractivity contribution in [2.24, 2.45) is 5.41 Å². The Kier molecular flexibility index (Phi) is 5.08. The van der Waals surface area contributed by atoms with E-state index in [-0.39, 0.29) is 11.3 Å². The number of hydrogen-bond donors (Lipinski definition) is 2. The first-order valence-corrected chi connectivity index (χ1v) is 9.00. The van der Waals surface area contributed by atoms with E-state index in [1.54, 1.807) is 11.3 Å². The number of benzene rings is 1. The molecule has 5 heteroatoms. The van der Waals surface area contributed by atoms with Gasteiger partial charge < -0.3 is 10.6 Å². The van der Waals surface area contributed by atoms with Crippen molar-refractivity contribution in [3.63, 3.8) is 0 Å².